The molecule has 0 spiro atoms. The standard InChI is InChI=1S/C25H33N3O3/c29-24(25(30,22-11-4-5-12-22)21-9-2-1-3-10-21)31-18-20(23-27-14-7-15-28-23)16-19-8-6-13-26-17-19/h1-3,7,9-10,14-15,19-20,22,26,30H,4-6,8,11-13,16-18H2/t19-,20?,25?/m1/s1. The van der Waals surface area contributed by atoms with Crippen LogP contribution in [-0.2, 0) is 15.1 Å². The van der Waals surface area contributed by atoms with Gasteiger partial charge < -0.3 is 15.2 Å². The molecule has 4 rings (SSSR count). The number of benzene rings is 1. The van der Waals surface area contributed by atoms with Gasteiger partial charge in [-0.15, -0.1) is 0 Å². The molecule has 6 heteroatoms. The normalized spacial score (nSPS) is 22.5. The van der Waals surface area contributed by atoms with Crippen molar-refractivity contribution in [2.75, 3.05) is 19.7 Å². The quantitative estimate of drug-likeness (QED) is 0.632. The highest BCUT2D eigenvalue weighted by atomic mass is 16.5. The Morgan fingerprint density at radius 2 is 1.84 bits per heavy atom. The third-order valence-electron chi connectivity index (χ3n) is 6.85. The van der Waals surface area contributed by atoms with E-state index in [9.17, 15) is 9.90 Å². The molecule has 0 radical (unpaired) electrons. The first-order chi connectivity index (χ1) is 15.2. The van der Waals surface area contributed by atoms with Gasteiger partial charge in [-0.3, -0.25) is 0 Å². The summed E-state index contributed by atoms with van der Waals surface area (Å²) in [6.07, 6.45) is 10.4. The van der Waals surface area contributed by atoms with Crippen LogP contribution in [0.25, 0.3) is 0 Å². The molecular weight excluding hydrogens is 390 g/mol. The third-order valence-corrected chi connectivity index (χ3v) is 6.85. The van der Waals surface area contributed by atoms with Crippen LogP contribution in [0.4, 0.5) is 0 Å². The lowest BCUT2D eigenvalue weighted by Crippen LogP contribution is -2.44. The van der Waals surface area contributed by atoms with Crippen molar-refractivity contribution in [2.45, 2.75) is 56.5 Å². The number of rotatable bonds is 8. The summed E-state index contributed by atoms with van der Waals surface area (Å²) in [5.41, 5.74) is -0.984. The Kier molecular flexibility index (Phi) is 7.30. The first-order valence-corrected chi connectivity index (χ1v) is 11.6. The number of aliphatic hydroxyl groups is 1. The molecular formula is C25H33N3O3. The topological polar surface area (TPSA) is 84.3 Å². The highest BCUT2D eigenvalue weighted by Crippen LogP contribution is 2.41. The van der Waals surface area contributed by atoms with Gasteiger partial charge in [0.2, 0.25) is 0 Å². The zero-order valence-electron chi connectivity index (χ0n) is 18.1. The maximum absolute atomic E-state index is 13.4. The lowest BCUT2D eigenvalue weighted by atomic mass is 9.80. The molecule has 1 aliphatic carbocycles. The Labute approximate surface area is 184 Å². The predicted octanol–water partition coefficient (Wildman–Crippen LogP) is 3.57. The van der Waals surface area contributed by atoms with E-state index in [1.54, 1.807) is 18.5 Å². The second-order valence-corrected chi connectivity index (χ2v) is 8.96. The fraction of sp³-hybridized carbons (Fsp3) is 0.560. The SMILES string of the molecule is O=C(OCC(C[C@H]1CCCNC1)c1ncccn1)C(O)(c1ccccc1)C1CCCC1. The van der Waals surface area contributed by atoms with Crippen LogP contribution in [0.2, 0.25) is 0 Å². The lowest BCUT2D eigenvalue weighted by Gasteiger charge is -2.33. The summed E-state index contributed by atoms with van der Waals surface area (Å²) < 4.78 is 5.84. The van der Waals surface area contributed by atoms with E-state index < -0.39 is 11.6 Å². The van der Waals surface area contributed by atoms with E-state index in [0.717, 1.165) is 58.0 Å². The molecule has 3 atom stereocenters. The van der Waals surface area contributed by atoms with Crippen molar-refractivity contribution in [2.24, 2.45) is 11.8 Å². The molecule has 1 aromatic carbocycles. The molecule has 1 aliphatic heterocycles. The smallest absolute Gasteiger partial charge is 0.343 e. The number of carbonyl (C=O) groups is 1. The maximum atomic E-state index is 13.4. The average molecular weight is 424 g/mol. The van der Waals surface area contributed by atoms with E-state index in [-0.39, 0.29) is 18.4 Å². The summed E-state index contributed by atoms with van der Waals surface area (Å²) in [5, 5.41) is 15.1. The molecule has 6 nitrogen and oxygen atoms in total. The largest absolute Gasteiger partial charge is 0.463 e. The third kappa shape index (κ3) is 5.13. The number of hydrogen-bond donors (Lipinski definition) is 2. The molecule has 1 aromatic heterocycles. The molecule has 0 bridgehead atoms. The molecule has 2 N–H and O–H groups in total. The van der Waals surface area contributed by atoms with Crippen molar-refractivity contribution in [3.63, 3.8) is 0 Å². The monoisotopic (exact) mass is 423 g/mol. The molecule has 2 heterocycles. The van der Waals surface area contributed by atoms with Crippen LogP contribution in [0.5, 0.6) is 0 Å². The molecule has 2 aliphatic rings. The number of nitrogens with zero attached hydrogens (tertiary/aromatic N) is 2. The zero-order valence-corrected chi connectivity index (χ0v) is 18.1. The lowest BCUT2D eigenvalue weighted by molar-refractivity contribution is -0.174. The highest BCUT2D eigenvalue weighted by molar-refractivity contribution is 5.81. The van der Waals surface area contributed by atoms with E-state index in [1.165, 1.54) is 0 Å². The second-order valence-electron chi connectivity index (χ2n) is 8.96. The minimum atomic E-state index is -1.60. The summed E-state index contributed by atoms with van der Waals surface area (Å²) in [6.45, 7) is 2.21. The van der Waals surface area contributed by atoms with Gasteiger partial charge >= 0.3 is 5.97 Å². The molecule has 2 aromatic rings. The van der Waals surface area contributed by atoms with Gasteiger partial charge in [-0.2, -0.15) is 0 Å². The van der Waals surface area contributed by atoms with E-state index in [4.69, 9.17) is 4.74 Å². The summed E-state index contributed by atoms with van der Waals surface area (Å²) in [6, 6.07) is 11.1. The van der Waals surface area contributed by atoms with Crippen molar-refractivity contribution in [1.82, 2.24) is 15.3 Å². The number of piperidine rings is 1. The summed E-state index contributed by atoms with van der Waals surface area (Å²) in [7, 11) is 0. The Hall–Kier alpha value is -2.31. The first kappa shape index (κ1) is 21.9. The summed E-state index contributed by atoms with van der Waals surface area (Å²) in [4.78, 5) is 22.2. The van der Waals surface area contributed by atoms with Gasteiger partial charge in [-0.25, -0.2) is 14.8 Å². The summed E-state index contributed by atoms with van der Waals surface area (Å²) >= 11 is 0. The fourth-order valence-electron chi connectivity index (χ4n) is 5.14. The van der Waals surface area contributed by atoms with Gasteiger partial charge in [-0.05, 0) is 62.7 Å². The predicted molar refractivity (Wildman–Crippen MR) is 118 cm³/mol. The van der Waals surface area contributed by atoms with Crippen LogP contribution in [-0.4, -0.2) is 40.7 Å². The first-order valence-electron chi connectivity index (χ1n) is 11.6. The van der Waals surface area contributed by atoms with Crippen molar-refractivity contribution in [3.8, 4) is 0 Å². The Morgan fingerprint density at radius 1 is 1.10 bits per heavy atom. The number of nitrogens with one attached hydrogen (secondary N) is 1. The number of esters is 1. The van der Waals surface area contributed by atoms with E-state index >= 15 is 0 Å². The van der Waals surface area contributed by atoms with E-state index in [1.807, 2.05) is 30.3 Å². The Bertz CT molecular complexity index is 820. The van der Waals surface area contributed by atoms with Crippen LogP contribution in [0.1, 0.15) is 62.3 Å². The molecule has 1 saturated heterocycles. The van der Waals surface area contributed by atoms with Crippen molar-refractivity contribution in [3.05, 3.63) is 60.2 Å². The highest BCUT2D eigenvalue weighted by Gasteiger charge is 2.48. The fourth-order valence-corrected chi connectivity index (χ4v) is 5.14. The van der Waals surface area contributed by atoms with Gasteiger partial charge in [-0.1, -0.05) is 43.2 Å². The Morgan fingerprint density at radius 3 is 2.52 bits per heavy atom. The van der Waals surface area contributed by atoms with Gasteiger partial charge in [0.1, 0.15) is 12.4 Å². The number of hydrogen-bond acceptors (Lipinski definition) is 6. The number of ether oxygens (including phenoxy) is 1. The van der Waals surface area contributed by atoms with E-state index in [2.05, 4.69) is 15.3 Å². The van der Waals surface area contributed by atoms with Gasteiger partial charge in [0.15, 0.2) is 5.60 Å². The zero-order chi connectivity index (χ0) is 21.5. The minimum Gasteiger partial charge on any atom is -0.463 e. The van der Waals surface area contributed by atoms with Gasteiger partial charge in [0.05, 0.1) is 5.92 Å². The van der Waals surface area contributed by atoms with Gasteiger partial charge in [0.25, 0.3) is 0 Å². The maximum Gasteiger partial charge on any atom is 0.343 e. The number of aromatic nitrogens is 2. The molecule has 2 unspecified atom stereocenters. The van der Waals surface area contributed by atoms with Crippen LogP contribution in [0.3, 0.4) is 0 Å². The molecule has 31 heavy (non-hydrogen) atoms. The van der Waals surface area contributed by atoms with E-state index in [0.29, 0.717) is 17.3 Å². The van der Waals surface area contributed by atoms with Crippen LogP contribution in [0.15, 0.2) is 48.8 Å². The van der Waals surface area contributed by atoms with Crippen molar-refractivity contribution < 1.29 is 14.6 Å². The Balaban J connectivity index is 1.51. The van der Waals surface area contributed by atoms with Crippen LogP contribution >= 0.6 is 0 Å². The molecule has 0 amide bonds. The molecule has 2 fully saturated rings. The van der Waals surface area contributed by atoms with Crippen molar-refractivity contribution in [1.29, 1.82) is 0 Å². The van der Waals surface area contributed by atoms with Gasteiger partial charge in [0, 0.05) is 18.3 Å². The number of carbonyl (C=O) groups excluding carboxylic acids is 1. The summed E-state index contributed by atoms with van der Waals surface area (Å²) in [5.74, 6) is 0.456. The van der Waals surface area contributed by atoms with Crippen molar-refractivity contribution >= 4 is 5.97 Å². The molecule has 1 saturated carbocycles. The molecule has 166 valence electrons. The van der Waals surface area contributed by atoms with Crippen LogP contribution in [0, 0.1) is 11.8 Å². The van der Waals surface area contributed by atoms with Crippen LogP contribution < -0.4 is 5.32 Å². The average Bonchev–Trinajstić information content (AvgIpc) is 3.38. The minimum absolute atomic E-state index is 0.0846. The second kappa shape index (κ2) is 10.3.